The summed E-state index contributed by atoms with van der Waals surface area (Å²) in [5.41, 5.74) is 1.06. The first kappa shape index (κ1) is 17.2. The van der Waals surface area contributed by atoms with E-state index < -0.39 is 0 Å². The van der Waals surface area contributed by atoms with Crippen LogP contribution in [0, 0.1) is 0 Å². The van der Waals surface area contributed by atoms with Crippen LogP contribution in [0.15, 0.2) is 12.2 Å². The number of rotatable bonds is 12. The normalized spacial score (nSPS) is 10.3. The van der Waals surface area contributed by atoms with Gasteiger partial charge in [-0.15, -0.1) is 6.58 Å². The summed E-state index contributed by atoms with van der Waals surface area (Å²) < 4.78 is 5.11. The quantitative estimate of drug-likeness (QED) is 0.277. The van der Waals surface area contributed by atoms with Crippen molar-refractivity contribution < 1.29 is 9.53 Å². The fourth-order valence-electron chi connectivity index (χ4n) is 1.81. The second-order valence-electron chi connectivity index (χ2n) is 5.15. The molecule has 0 aliphatic carbocycles. The van der Waals surface area contributed by atoms with Gasteiger partial charge >= 0.3 is 5.97 Å². The van der Waals surface area contributed by atoms with E-state index in [1.165, 1.54) is 38.5 Å². The topological polar surface area (TPSA) is 26.3 Å². The maximum atomic E-state index is 11.3. The van der Waals surface area contributed by atoms with Crippen LogP contribution < -0.4 is 0 Å². The Labute approximate surface area is 113 Å². The second-order valence-corrected chi connectivity index (χ2v) is 5.15. The molecular formula is C16H30O2. The van der Waals surface area contributed by atoms with E-state index >= 15 is 0 Å². The van der Waals surface area contributed by atoms with Crippen molar-refractivity contribution in [2.75, 3.05) is 6.61 Å². The zero-order valence-corrected chi connectivity index (χ0v) is 12.3. The number of hydrogen-bond acceptors (Lipinski definition) is 2. The van der Waals surface area contributed by atoms with Crippen molar-refractivity contribution in [2.45, 2.75) is 78.1 Å². The lowest BCUT2D eigenvalue weighted by molar-refractivity contribution is -0.143. The molecule has 0 aromatic carbocycles. The van der Waals surface area contributed by atoms with Crippen LogP contribution in [0.5, 0.6) is 0 Å². The Morgan fingerprint density at radius 1 is 0.944 bits per heavy atom. The first-order valence-electron chi connectivity index (χ1n) is 7.46. The van der Waals surface area contributed by atoms with Crippen LogP contribution in [0.2, 0.25) is 0 Å². The zero-order chi connectivity index (χ0) is 13.6. The van der Waals surface area contributed by atoms with Gasteiger partial charge in [-0.1, -0.05) is 57.4 Å². The van der Waals surface area contributed by atoms with Crippen molar-refractivity contribution >= 4 is 5.97 Å². The SMILES string of the molecule is C=C(C)CCOC(=O)CCCCCCCCCC. The van der Waals surface area contributed by atoms with Crippen LogP contribution >= 0.6 is 0 Å². The standard InChI is InChI=1S/C16H30O2/c1-4-5-6-7-8-9-10-11-12-16(17)18-14-13-15(2)3/h2,4-14H2,1,3H3. The molecule has 18 heavy (non-hydrogen) atoms. The molecule has 0 spiro atoms. The van der Waals surface area contributed by atoms with Crippen LogP contribution in [-0.4, -0.2) is 12.6 Å². The highest BCUT2D eigenvalue weighted by atomic mass is 16.5. The third-order valence-corrected chi connectivity index (χ3v) is 3.03. The van der Waals surface area contributed by atoms with Crippen LogP contribution in [0.1, 0.15) is 78.1 Å². The molecule has 0 amide bonds. The Hall–Kier alpha value is -0.790. The van der Waals surface area contributed by atoms with Gasteiger partial charge in [0.15, 0.2) is 0 Å². The van der Waals surface area contributed by atoms with Crippen LogP contribution in [0.25, 0.3) is 0 Å². The van der Waals surface area contributed by atoms with Gasteiger partial charge in [-0.25, -0.2) is 0 Å². The van der Waals surface area contributed by atoms with E-state index in [9.17, 15) is 4.79 Å². The molecule has 2 nitrogen and oxygen atoms in total. The zero-order valence-electron chi connectivity index (χ0n) is 12.3. The van der Waals surface area contributed by atoms with Crippen LogP contribution in [0.4, 0.5) is 0 Å². The fraction of sp³-hybridized carbons (Fsp3) is 0.812. The Bertz CT molecular complexity index is 221. The molecule has 0 saturated carbocycles. The molecule has 0 radical (unpaired) electrons. The van der Waals surface area contributed by atoms with Crippen molar-refractivity contribution in [3.63, 3.8) is 0 Å². The summed E-state index contributed by atoms with van der Waals surface area (Å²) in [6.07, 6.45) is 11.4. The van der Waals surface area contributed by atoms with Gasteiger partial charge in [0.2, 0.25) is 0 Å². The summed E-state index contributed by atoms with van der Waals surface area (Å²) in [6, 6.07) is 0. The molecule has 0 N–H and O–H groups in total. The van der Waals surface area contributed by atoms with E-state index in [-0.39, 0.29) is 5.97 Å². The molecule has 106 valence electrons. The van der Waals surface area contributed by atoms with E-state index in [2.05, 4.69) is 13.5 Å². The first-order chi connectivity index (χ1) is 8.66. The van der Waals surface area contributed by atoms with Gasteiger partial charge in [0.25, 0.3) is 0 Å². The smallest absolute Gasteiger partial charge is 0.305 e. The highest BCUT2D eigenvalue weighted by Crippen LogP contribution is 2.10. The average molecular weight is 254 g/mol. The van der Waals surface area contributed by atoms with Gasteiger partial charge in [-0.05, 0) is 13.3 Å². The highest BCUT2D eigenvalue weighted by Gasteiger charge is 2.02. The molecule has 0 saturated heterocycles. The summed E-state index contributed by atoms with van der Waals surface area (Å²) in [7, 11) is 0. The van der Waals surface area contributed by atoms with Crippen molar-refractivity contribution in [3.05, 3.63) is 12.2 Å². The lowest BCUT2D eigenvalue weighted by atomic mass is 10.1. The summed E-state index contributed by atoms with van der Waals surface area (Å²) in [5.74, 6) is -0.0535. The molecule has 2 heteroatoms. The van der Waals surface area contributed by atoms with Gasteiger partial charge < -0.3 is 4.74 Å². The highest BCUT2D eigenvalue weighted by molar-refractivity contribution is 5.69. The van der Waals surface area contributed by atoms with Crippen molar-refractivity contribution in [2.24, 2.45) is 0 Å². The molecule has 0 aromatic heterocycles. The van der Waals surface area contributed by atoms with Crippen molar-refractivity contribution in [1.82, 2.24) is 0 Å². The van der Waals surface area contributed by atoms with Crippen LogP contribution in [-0.2, 0) is 9.53 Å². The summed E-state index contributed by atoms with van der Waals surface area (Å²) >= 11 is 0. The Kier molecular flexibility index (Phi) is 12.1. The summed E-state index contributed by atoms with van der Waals surface area (Å²) in [5, 5.41) is 0. The number of hydrogen-bond donors (Lipinski definition) is 0. The molecule has 0 unspecified atom stereocenters. The lowest BCUT2D eigenvalue weighted by Crippen LogP contribution is -2.05. The molecule has 0 bridgehead atoms. The third kappa shape index (κ3) is 13.3. The Morgan fingerprint density at radius 2 is 1.50 bits per heavy atom. The molecule has 0 heterocycles. The minimum absolute atomic E-state index is 0.0535. The fourth-order valence-corrected chi connectivity index (χ4v) is 1.81. The number of ether oxygens (including phenoxy) is 1. The van der Waals surface area contributed by atoms with Gasteiger partial charge in [0, 0.05) is 12.8 Å². The predicted molar refractivity (Wildman–Crippen MR) is 77.6 cm³/mol. The number of carbonyl (C=O) groups excluding carboxylic acids is 1. The molecule has 0 fully saturated rings. The Morgan fingerprint density at radius 3 is 2.06 bits per heavy atom. The lowest BCUT2D eigenvalue weighted by Gasteiger charge is -2.04. The second kappa shape index (κ2) is 12.7. The molecule has 0 aliphatic heterocycles. The van der Waals surface area contributed by atoms with Crippen molar-refractivity contribution in [1.29, 1.82) is 0 Å². The minimum atomic E-state index is -0.0535. The molecule has 0 aliphatic rings. The third-order valence-electron chi connectivity index (χ3n) is 3.03. The number of carbonyl (C=O) groups is 1. The number of unbranched alkanes of at least 4 members (excludes halogenated alkanes) is 7. The largest absolute Gasteiger partial charge is 0.465 e. The molecule has 0 aromatic rings. The van der Waals surface area contributed by atoms with E-state index in [0.717, 1.165) is 24.8 Å². The van der Waals surface area contributed by atoms with Gasteiger partial charge in [0.1, 0.15) is 0 Å². The van der Waals surface area contributed by atoms with Gasteiger partial charge in [-0.2, -0.15) is 0 Å². The van der Waals surface area contributed by atoms with Crippen LogP contribution in [0.3, 0.4) is 0 Å². The minimum Gasteiger partial charge on any atom is -0.465 e. The molecule has 0 rings (SSSR count). The van der Waals surface area contributed by atoms with Crippen molar-refractivity contribution in [3.8, 4) is 0 Å². The van der Waals surface area contributed by atoms with E-state index in [1.54, 1.807) is 0 Å². The maximum absolute atomic E-state index is 11.3. The predicted octanol–water partition coefficient (Wildman–Crippen LogP) is 5.03. The Balaban J connectivity index is 3.17. The van der Waals surface area contributed by atoms with E-state index in [4.69, 9.17) is 4.74 Å². The van der Waals surface area contributed by atoms with Gasteiger partial charge in [-0.3, -0.25) is 4.79 Å². The first-order valence-corrected chi connectivity index (χ1v) is 7.46. The average Bonchev–Trinajstić information content (AvgIpc) is 2.32. The van der Waals surface area contributed by atoms with E-state index in [0.29, 0.717) is 13.0 Å². The monoisotopic (exact) mass is 254 g/mol. The number of esters is 1. The van der Waals surface area contributed by atoms with Gasteiger partial charge in [0.05, 0.1) is 6.61 Å². The summed E-state index contributed by atoms with van der Waals surface area (Å²) in [4.78, 5) is 11.3. The summed E-state index contributed by atoms with van der Waals surface area (Å²) in [6.45, 7) is 8.46. The molecular weight excluding hydrogens is 224 g/mol. The van der Waals surface area contributed by atoms with E-state index in [1.807, 2.05) is 6.92 Å². The molecule has 0 atom stereocenters. The maximum Gasteiger partial charge on any atom is 0.305 e.